The number of nitrogens with zero attached hydrogens (tertiary/aromatic N) is 1. The van der Waals surface area contributed by atoms with E-state index in [-0.39, 0.29) is 11.9 Å². The normalized spacial score (nSPS) is 10.2. The number of rotatable bonds is 4. The number of amides is 1. The smallest absolute Gasteiger partial charge is 0.280 e. The first-order valence-corrected chi connectivity index (χ1v) is 7.03. The van der Waals surface area contributed by atoms with Crippen LogP contribution in [0.3, 0.4) is 0 Å². The Balaban J connectivity index is 3.29. The minimum absolute atomic E-state index is 0.200. The number of hydrogen-bond donors (Lipinski definition) is 2. The Labute approximate surface area is 112 Å². The molecule has 1 rings (SSSR count). The molecular formula is C13H19N3OS. The molecule has 0 aromatic heterocycles. The van der Waals surface area contributed by atoms with E-state index in [0.29, 0.717) is 5.56 Å². The summed E-state index contributed by atoms with van der Waals surface area (Å²) in [5.74, 6) is -0.567. The number of benzene rings is 1. The second-order valence-electron chi connectivity index (χ2n) is 4.07. The van der Waals surface area contributed by atoms with Crippen LogP contribution in [0.2, 0.25) is 0 Å². The van der Waals surface area contributed by atoms with Crippen LogP contribution < -0.4 is 11.5 Å². The molecule has 4 nitrogen and oxygen atoms in total. The van der Waals surface area contributed by atoms with Gasteiger partial charge in [0.05, 0.1) is 0 Å². The third-order valence-corrected chi connectivity index (χ3v) is 3.48. The van der Waals surface area contributed by atoms with Crippen LogP contribution >= 0.6 is 11.8 Å². The van der Waals surface area contributed by atoms with Crippen LogP contribution in [0.4, 0.5) is 0 Å². The summed E-state index contributed by atoms with van der Waals surface area (Å²) in [5.41, 5.74) is 13.3. The maximum atomic E-state index is 12.0. The van der Waals surface area contributed by atoms with Crippen molar-refractivity contribution in [2.45, 2.75) is 31.6 Å². The first-order chi connectivity index (χ1) is 8.49. The van der Waals surface area contributed by atoms with Gasteiger partial charge in [-0.3, -0.25) is 4.79 Å². The second-order valence-corrected chi connectivity index (χ2v) is 4.92. The van der Waals surface area contributed by atoms with E-state index >= 15 is 0 Å². The molecule has 0 aliphatic carbocycles. The Kier molecular flexibility index (Phi) is 5.22. The molecule has 1 amide bonds. The average molecular weight is 265 g/mol. The predicted molar refractivity (Wildman–Crippen MR) is 77.1 cm³/mol. The highest BCUT2D eigenvalue weighted by atomic mass is 32.2. The standard InChI is InChI=1S/C13H19N3OS/c1-4-5-9-6-8(2)11(18-3)7-10(9)12(17)16-13(14)15/h6-7H,4-5H2,1-3H3,(H4,14,15,16,17). The number of hydrogen-bond acceptors (Lipinski definition) is 2. The van der Waals surface area contributed by atoms with Crippen LogP contribution in [-0.4, -0.2) is 18.1 Å². The van der Waals surface area contributed by atoms with E-state index < -0.39 is 0 Å². The van der Waals surface area contributed by atoms with Gasteiger partial charge in [0.15, 0.2) is 5.96 Å². The van der Waals surface area contributed by atoms with Gasteiger partial charge in [-0.15, -0.1) is 11.8 Å². The van der Waals surface area contributed by atoms with E-state index in [1.807, 2.05) is 25.3 Å². The second kappa shape index (κ2) is 6.44. The van der Waals surface area contributed by atoms with Gasteiger partial charge in [0.2, 0.25) is 0 Å². The molecule has 0 bridgehead atoms. The van der Waals surface area contributed by atoms with E-state index in [1.54, 1.807) is 11.8 Å². The topological polar surface area (TPSA) is 81.5 Å². The highest BCUT2D eigenvalue weighted by Gasteiger charge is 2.13. The molecule has 4 N–H and O–H groups in total. The lowest BCUT2D eigenvalue weighted by Gasteiger charge is -2.10. The molecule has 0 fully saturated rings. The minimum Gasteiger partial charge on any atom is -0.370 e. The van der Waals surface area contributed by atoms with Crippen LogP contribution in [0, 0.1) is 6.92 Å². The van der Waals surface area contributed by atoms with Crippen molar-refractivity contribution in [2.24, 2.45) is 16.5 Å². The summed E-state index contributed by atoms with van der Waals surface area (Å²) in [4.78, 5) is 16.7. The van der Waals surface area contributed by atoms with Crippen molar-refractivity contribution in [3.05, 3.63) is 28.8 Å². The van der Waals surface area contributed by atoms with Gasteiger partial charge >= 0.3 is 0 Å². The van der Waals surface area contributed by atoms with Gasteiger partial charge in [0.25, 0.3) is 5.91 Å². The molecule has 0 saturated heterocycles. The van der Waals surface area contributed by atoms with Gasteiger partial charge in [-0.05, 0) is 36.8 Å². The summed E-state index contributed by atoms with van der Waals surface area (Å²) in [5, 5.41) is 0. The van der Waals surface area contributed by atoms with Crippen LogP contribution in [0.1, 0.15) is 34.8 Å². The van der Waals surface area contributed by atoms with E-state index in [4.69, 9.17) is 11.5 Å². The predicted octanol–water partition coefficient (Wildman–Crippen LogP) is 2.08. The lowest BCUT2D eigenvalue weighted by Crippen LogP contribution is -2.24. The number of carbonyl (C=O) groups is 1. The molecule has 1 aromatic rings. The number of carbonyl (C=O) groups excluding carboxylic acids is 1. The van der Waals surface area contributed by atoms with Crippen LogP contribution in [0.5, 0.6) is 0 Å². The first kappa shape index (κ1) is 14.6. The molecule has 0 saturated carbocycles. The van der Waals surface area contributed by atoms with E-state index in [0.717, 1.165) is 23.3 Å². The highest BCUT2D eigenvalue weighted by Crippen LogP contribution is 2.25. The van der Waals surface area contributed by atoms with E-state index in [2.05, 4.69) is 11.9 Å². The zero-order valence-corrected chi connectivity index (χ0v) is 11.8. The Morgan fingerprint density at radius 2 is 2.06 bits per heavy atom. The van der Waals surface area contributed by atoms with Crippen LogP contribution in [0.25, 0.3) is 0 Å². The van der Waals surface area contributed by atoms with Gasteiger partial charge in [-0.1, -0.05) is 19.4 Å². The zero-order chi connectivity index (χ0) is 13.7. The SMILES string of the molecule is CCCc1cc(C)c(SC)cc1C(=O)N=C(N)N. The molecule has 0 atom stereocenters. The number of aliphatic imine (C=N–C) groups is 1. The maximum absolute atomic E-state index is 12.0. The van der Waals surface area contributed by atoms with Crippen LogP contribution in [-0.2, 0) is 6.42 Å². The molecule has 0 aliphatic rings. The molecule has 0 spiro atoms. The van der Waals surface area contributed by atoms with Crippen molar-refractivity contribution >= 4 is 23.6 Å². The minimum atomic E-state index is -0.367. The quantitative estimate of drug-likeness (QED) is 0.496. The molecular weight excluding hydrogens is 246 g/mol. The average Bonchev–Trinajstić information content (AvgIpc) is 2.28. The third-order valence-electron chi connectivity index (χ3n) is 2.60. The number of aryl methyl sites for hydroxylation is 2. The fourth-order valence-corrected chi connectivity index (χ4v) is 2.44. The summed E-state index contributed by atoms with van der Waals surface area (Å²) in [6.07, 6.45) is 3.80. The van der Waals surface area contributed by atoms with Gasteiger partial charge < -0.3 is 11.5 Å². The lowest BCUT2D eigenvalue weighted by molar-refractivity contribution is 0.100. The lowest BCUT2D eigenvalue weighted by atomic mass is 10.00. The van der Waals surface area contributed by atoms with Gasteiger partial charge in [0, 0.05) is 10.5 Å². The Bertz CT molecular complexity index is 479. The van der Waals surface area contributed by atoms with E-state index in [9.17, 15) is 4.79 Å². The molecule has 18 heavy (non-hydrogen) atoms. The van der Waals surface area contributed by atoms with Crippen molar-refractivity contribution in [3.63, 3.8) is 0 Å². The molecule has 0 aliphatic heterocycles. The third kappa shape index (κ3) is 3.50. The zero-order valence-electron chi connectivity index (χ0n) is 11.0. The molecule has 98 valence electrons. The monoisotopic (exact) mass is 265 g/mol. The van der Waals surface area contributed by atoms with Crippen molar-refractivity contribution in [3.8, 4) is 0 Å². The van der Waals surface area contributed by atoms with Gasteiger partial charge in [0.1, 0.15) is 0 Å². The number of guanidine groups is 1. The van der Waals surface area contributed by atoms with Crippen molar-refractivity contribution in [1.29, 1.82) is 0 Å². The summed E-state index contributed by atoms with van der Waals surface area (Å²) >= 11 is 1.61. The fourth-order valence-electron chi connectivity index (χ4n) is 1.82. The fraction of sp³-hybridized carbons (Fsp3) is 0.385. The van der Waals surface area contributed by atoms with Crippen molar-refractivity contribution in [2.75, 3.05) is 6.26 Å². The largest absolute Gasteiger partial charge is 0.370 e. The Hall–Kier alpha value is -1.49. The number of nitrogens with two attached hydrogens (primary N) is 2. The van der Waals surface area contributed by atoms with Gasteiger partial charge in [-0.25, -0.2) is 0 Å². The van der Waals surface area contributed by atoms with Gasteiger partial charge in [-0.2, -0.15) is 4.99 Å². The molecule has 1 aromatic carbocycles. The summed E-state index contributed by atoms with van der Waals surface area (Å²) in [6.45, 7) is 4.12. The first-order valence-electron chi connectivity index (χ1n) is 5.81. The van der Waals surface area contributed by atoms with Crippen molar-refractivity contribution < 1.29 is 4.79 Å². The van der Waals surface area contributed by atoms with Crippen molar-refractivity contribution in [1.82, 2.24) is 0 Å². The maximum Gasteiger partial charge on any atom is 0.280 e. The molecule has 5 heteroatoms. The molecule has 0 heterocycles. The Morgan fingerprint density at radius 1 is 1.39 bits per heavy atom. The van der Waals surface area contributed by atoms with E-state index in [1.165, 1.54) is 5.56 Å². The summed E-state index contributed by atoms with van der Waals surface area (Å²) in [7, 11) is 0. The van der Waals surface area contributed by atoms with Crippen LogP contribution in [0.15, 0.2) is 22.0 Å². The Morgan fingerprint density at radius 3 is 2.56 bits per heavy atom. The highest BCUT2D eigenvalue weighted by molar-refractivity contribution is 7.98. The number of thioether (sulfide) groups is 1. The molecule has 0 unspecified atom stereocenters. The summed E-state index contributed by atoms with van der Waals surface area (Å²) < 4.78 is 0. The summed E-state index contributed by atoms with van der Waals surface area (Å²) in [6, 6.07) is 3.92. The molecule has 0 radical (unpaired) electrons.